The van der Waals surface area contributed by atoms with Crippen molar-refractivity contribution in [3.63, 3.8) is 0 Å². The van der Waals surface area contributed by atoms with Crippen molar-refractivity contribution in [1.29, 1.82) is 0 Å². The van der Waals surface area contributed by atoms with E-state index in [2.05, 4.69) is 4.74 Å². The Labute approximate surface area is 35.4 Å². The molecule has 0 saturated carbocycles. The molecule has 0 N–H and O–H groups in total. The third kappa shape index (κ3) is 0.302. The molecule has 1 atom stereocenters. The van der Waals surface area contributed by atoms with Crippen molar-refractivity contribution in [2.24, 2.45) is 0 Å². The molecule has 2 heteroatoms. The van der Waals surface area contributed by atoms with Gasteiger partial charge in [0.1, 0.15) is 0 Å². The fourth-order valence-corrected chi connectivity index (χ4v) is 0.247. The first-order valence-corrected chi connectivity index (χ1v) is 1.71. The zero-order valence-corrected chi connectivity index (χ0v) is 3.13. The van der Waals surface area contributed by atoms with Gasteiger partial charge in [-0.25, -0.2) is 0 Å². The molecule has 1 aliphatic rings. The van der Waals surface area contributed by atoms with Crippen molar-refractivity contribution in [3.8, 4) is 0 Å². The lowest BCUT2D eigenvalue weighted by atomic mass is 10.3. The summed E-state index contributed by atoms with van der Waals surface area (Å²) in [4.78, 5) is 9.61. The Morgan fingerprint density at radius 1 is 1.83 bits per heavy atom. The second kappa shape index (κ2) is 1.12. The van der Waals surface area contributed by atoms with Gasteiger partial charge in [0.25, 0.3) is 0 Å². The molecule has 0 fully saturated rings. The first-order chi connectivity index (χ1) is 2.93. The zero-order valence-electron chi connectivity index (χ0n) is 3.13. The smallest absolute Gasteiger partial charge is 0.174 e. The molecule has 1 rings (SSSR count). The molecule has 32 valence electrons. The molecule has 0 bridgehead atoms. The SMILES string of the molecule is O=CC1C=CO1. The number of rotatable bonds is 1. The lowest BCUT2D eigenvalue weighted by molar-refractivity contribution is -0.114. The van der Waals surface area contributed by atoms with Crippen LogP contribution in [-0.4, -0.2) is 12.4 Å². The van der Waals surface area contributed by atoms with Gasteiger partial charge in [0.05, 0.1) is 6.26 Å². The van der Waals surface area contributed by atoms with Gasteiger partial charge in [0.15, 0.2) is 12.4 Å². The maximum absolute atomic E-state index is 9.61. The van der Waals surface area contributed by atoms with Crippen molar-refractivity contribution < 1.29 is 9.53 Å². The Morgan fingerprint density at radius 2 is 2.50 bits per heavy atom. The van der Waals surface area contributed by atoms with Crippen LogP contribution in [0.25, 0.3) is 0 Å². The molecular formula is C4H4O2. The molecule has 0 aromatic heterocycles. The molecule has 0 aromatic rings. The van der Waals surface area contributed by atoms with Crippen LogP contribution in [0.4, 0.5) is 0 Å². The quantitative estimate of drug-likeness (QED) is 0.421. The molecule has 0 aromatic carbocycles. The predicted molar refractivity (Wildman–Crippen MR) is 20.1 cm³/mol. The highest BCUT2D eigenvalue weighted by atomic mass is 16.5. The molecule has 0 saturated heterocycles. The van der Waals surface area contributed by atoms with Gasteiger partial charge in [0.2, 0.25) is 0 Å². The molecular weight excluding hydrogens is 80.0 g/mol. The van der Waals surface area contributed by atoms with Gasteiger partial charge in [-0.05, 0) is 6.08 Å². The van der Waals surface area contributed by atoms with Gasteiger partial charge in [-0.2, -0.15) is 0 Å². The number of hydrogen-bond acceptors (Lipinski definition) is 2. The topological polar surface area (TPSA) is 26.3 Å². The van der Waals surface area contributed by atoms with E-state index in [-0.39, 0.29) is 6.10 Å². The van der Waals surface area contributed by atoms with E-state index in [4.69, 9.17) is 0 Å². The van der Waals surface area contributed by atoms with Gasteiger partial charge < -0.3 is 4.74 Å². The summed E-state index contributed by atoms with van der Waals surface area (Å²) in [6.07, 6.45) is 3.69. The predicted octanol–water partition coefficient (Wildman–Crippen LogP) is 0.0978. The fourth-order valence-electron chi connectivity index (χ4n) is 0.247. The summed E-state index contributed by atoms with van der Waals surface area (Å²) in [6, 6.07) is 0. The minimum atomic E-state index is -0.245. The number of carbonyl (C=O) groups is 1. The lowest BCUT2D eigenvalue weighted by Gasteiger charge is -2.10. The van der Waals surface area contributed by atoms with E-state index >= 15 is 0 Å². The second-order valence-corrected chi connectivity index (χ2v) is 1.07. The summed E-state index contributed by atoms with van der Waals surface area (Å²) in [6.45, 7) is 0. The maximum Gasteiger partial charge on any atom is 0.174 e. The molecule has 1 aliphatic heterocycles. The average molecular weight is 84.1 g/mol. The van der Waals surface area contributed by atoms with Crippen LogP contribution in [0.2, 0.25) is 0 Å². The maximum atomic E-state index is 9.61. The molecule has 2 nitrogen and oxygen atoms in total. The summed E-state index contributed by atoms with van der Waals surface area (Å²) < 4.78 is 4.53. The van der Waals surface area contributed by atoms with E-state index in [0.29, 0.717) is 0 Å². The van der Waals surface area contributed by atoms with Crippen LogP contribution in [0.15, 0.2) is 12.3 Å². The third-order valence-electron chi connectivity index (χ3n) is 0.638. The zero-order chi connectivity index (χ0) is 4.41. The van der Waals surface area contributed by atoms with Crippen LogP contribution >= 0.6 is 0 Å². The number of ether oxygens (including phenoxy) is 1. The van der Waals surface area contributed by atoms with Crippen LogP contribution in [-0.2, 0) is 9.53 Å². The summed E-state index contributed by atoms with van der Waals surface area (Å²) in [7, 11) is 0. The van der Waals surface area contributed by atoms with E-state index < -0.39 is 0 Å². The molecule has 1 unspecified atom stereocenters. The summed E-state index contributed by atoms with van der Waals surface area (Å²) >= 11 is 0. The standard InChI is InChI=1S/C4H4O2/c5-3-4-1-2-6-4/h1-4H. The Kier molecular flexibility index (Phi) is 0.638. The van der Waals surface area contributed by atoms with Crippen molar-refractivity contribution in [2.45, 2.75) is 6.10 Å². The van der Waals surface area contributed by atoms with Gasteiger partial charge >= 0.3 is 0 Å². The number of carbonyl (C=O) groups excluding carboxylic acids is 1. The van der Waals surface area contributed by atoms with Gasteiger partial charge in [-0.1, -0.05) is 0 Å². The van der Waals surface area contributed by atoms with Crippen LogP contribution in [0.1, 0.15) is 0 Å². The normalized spacial score (nSPS) is 27.7. The Balaban J connectivity index is 2.39. The van der Waals surface area contributed by atoms with Crippen LogP contribution < -0.4 is 0 Å². The monoisotopic (exact) mass is 84.0 g/mol. The van der Waals surface area contributed by atoms with Crippen LogP contribution in [0.3, 0.4) is 0 Å². The highest BCUT2D eigenvalue weighted by molar-refractivity contribution is 5.60. The Bertz CT molecular complexity index is 85.5. The molecule has 1 heterocycles. The number of hydrogen-bond donors (Lipinski definition) is 0. The van der Waals surface area contributed by atoms with E-state index in [9.17, 15) is 4.79 Å². The second-order valence-electron chi connectivity index (χ2n) is 1.07. The summed E-state index contributed by atoms with van der Waals surface area (Å²) in [5.41, 5.74) is 0. The van der Waals surface area contributed by atoms with E-state index in [0.717, 1.165) is 6.29 Å². The molecule has 0 aliphatic carbocycles. The largest absolute Gasteiger partial charge is 0.486 e. The van der Waals surface area contributed by atoms with Crippen LogP contribution in [0.5, 0.6) is 0 Å². The van der Waals surface area contributed by atoms with Crippen molar-refractivity contribution in [2.75, 3.05) is 0 Å². The summed E-state index contributed by atoms with van der Waals surface area (Å²) in [5.74, 6) is 0. The molecule has 0 amide bonds. The van der Waals surface area contributed by atoms with Gasteiger partial charge in [0, 0.05) is 0 Å². The van der Waals surface area contributed by atoms with Crippen molar-refractivity contribution >= 4 is 6.29 Å². The lowest BCUT2D eigenvalue weighted by Crippen LogP contribution is -2.14. The van der Waals surface area contributed by atoms with Crippen molar-refractivity contribution in [1.82, 2.24) is 0 Å². The average Bonchev–Trinajstić information content (AvgIpc) is 1.31. The minimum absolute atomic E-state index is 0.245. The minimum Gasteiger partial charge on any atom is -0.486 e. The first-order valence-electron chi connectivity index (χ1n) is 1.71. The van der Waals surface area contributed by atoms with E-state index in [1.807, 2.05) is 0 Å². The highest BCUT2D eigenvalue weighted by Gasteiger charge is 2.06. The first kappa shape index (κ1) is 3.40. The molecule has 6 heavy (non-hydrogen) atoms. The van der Waals surface area contributed by atoms with Gasteiger partial charge in [-0.15, -0.1) is 0 Å². The third-order valence-corrected chi connectivity index (χ3v) is 0.638. The Morgan fingerprint density at radius 3 is 2.50 bits per heavy atom. The molecule has 0 radical (unpaired) electrons. The highest BCUT2D eigenvalue weighted by Crippen LogP contribution is 2.00. The Hall–Kier alpha value is -0.790. The molecule has 0 spiro atoms. The number of aldehydes is 1. The van der Waals surface area contributed by atoms with Crippen molar-refractivity contribution in [3.05, 3.63) is 12.3 Å². The van der Waals surface area contributed by atoms with E-state index in [1.54, 1.807) is 6.08 Å². The fraction of sp³-hybridized carbons (Fsp3) is 0.250. The summed E-state index contributed by atoms with van der Waals surface area (Å²) in [5, 5.41) is 0. The van der Waals surface area contributed by atoms with Gasteiger partial charge in [-0.3, -0.25) is 4.79 Å². The van der Waals surface area contributed by atoms with Crippen LogP contribution in [0, 0.1) is 0 Å². The van der Waals surface area contributed by atoms with E-state index in [1.165, 1.54) is 6.26 Å².